The first-order valence-corrected chi connectivity index (χ1v) is 8.60. The van der Waals surface area contributed by atoms with E-state index in [1.807, 2.05) is 36.4 Å². The Balaban J connectivity index is 1.66. The van der Waals surface area contributed by atoms with Gasteiger partial charge in [0.1, 0.15) is 0 Å². The molecule has 0 unspecified atom stereocenters. The smallest absolute Gasteiger partial charge is 0.374 e. The fraction of sp³-hybridized carbons (Fsp3) is 0.350. The second kappa shape index (κ2) is 8.54. The minimum absolute atomic E-state index is 0.102. The van der Waals surface area contributed by atoms with Gasteiger partial charge in [-0.2, -0.15) is 13.2 Å². The predicted molar refractivity (Wildman–Crippen MR) is 92.7 cm³/mol. The molecule has 0 saturated carbocycles. The van der Waals surface area contributed by atoms with Crippen molar-refractivity contribution in [3.8, 4) is 0 Å². The number of ether oxygens (including phenoxy) is 2. The molecule has 1 aliphatic rings. The Morgan fingerprint density at radius 1 is 1.00 bits per heavy atom. The second-order valence-electron chi connectivity index (χ2n) is 6.36. The van der Waals surface area contributed by atoms with Gasteiger partial charge in [-0.05, 0) is 11.1 Å². The molecule has 1 amide bonds. The van der Waals surface area contributed by atoms with Crippen molar-refractivity contribution < 1.29 is 27.4 Å². The maximum atomic E-state index is 13.2. The summed E-state index contributed by atoms with van der Waals surface area (Å²) in [5.41, 5.74) is 1.63. The zero-order valence-corrected chi connectivity index (χ0v) is 14.6. The van der Waals surface area contributed by atoms with Crippen LogP contribution in [0.5, 0.6) is 0 Å². The van der Waals surface area contributed by atoms with Gasteiger partial charge in [-0.3, -0.25) is 4.79 Å². The summed E-state index contributed by atoms with van der Waals surface area (Å²) in [7, 11) is 0. The normalized spacial score (nSPS) is 20.7. The van der Waals surface area contributed by atoms with Crippen LogP contribution in [0.4, 0.5) is 13.2 Å². The van der Waals surface area contributed by atoms with Gasteiger partial charge in [0.2, 0.25) is 0 Å². The van der Waals surface area contributed by atoms with Crippen LogP contribution >= 0.6 is 0 Å². The molecule has 2 aromatic rings. The highest BCUT2D eigenvalue weighted by Crippen LogP contribution is 2.29. The highest BCUT2D eigenvalue weighted by atomic mass is 19.4. The molecule has 0 bridgehead atoms. The van der Waals surface area contributed by atoms with Crippen LogP contribution in [0, 0.1) is 0 Å². The summed E-state index contributed by atoms with van der Waals surface area (Å²) in [4.78, 5) is 13.8. The number of amides is 1. The monoisotopic (exact) mass is 379 g/mol. The van der Waals surface area contributed by atoms with Crippen LogP contribution in [0.15, 0.2) is 60.7 Å². The van der Waals surface area contributed by atoms with E-state index in [2.05, 4.69) is 0 Å². The van der Waals surface area contributed by atoms with Gasteiger partial charge in [0.05, 0.1) is 19.8 Å². The highest BCUT2D eigenvalue weighted by Gasteiger charge is 2.48. The summed E-state index contributed by atoms with van der Waals surface area (Å²) in [5.74, 6) is -0.493. The molecule has 144 valence electrons. The molecule has 7 heteroatoms. The second-order valence-corrected chi connectivity index (χ2v) is 6.36. The average Bonchev–Trinajstić information content (AvgIpc) is 2.65. The summed E-state index contributed by atoms with van der Waals surface area (Å²) in [5, 5.41) is 0. The average molecular weight is 379 g/mol. The fourth-order valence-electron chi connectivity index (χ4n) is 2.89. The molecule has 1 heterocycles. The van der Waals surface area contributed by atoms with Crippen LogP contribution < -0.4 is 0 Å². The first-order chi connectivity index (χ1) is 12.9. The SMILES string of the molecule is O=C1[C@@H](COCc2ccccc2)O[C@@H](C(F)(F)F)CN1Cc1ccccc1. The number of alkyl halides is 3. The summed E-state index contributed by atoms with van der Waals surface area (Å²) in [6, 6.07) is 18.1. The maximum Gasteiger partial charge on any atom is 0.416 e. The Labute approximate surface area is 155 Å². The lowest BCUT2D eigenvalue weighted by atomic mass is 10.1. The molecule has 0 radical (unpaired) electrons. The molecule has 0 N–H and O–H groups in total. The molecule has 0 aliphatic carbocycles. The Hall–Kier alpha value is -2.38. The number of morpholine rings is 1. The molecular formula is C20H20F3NO3. The van der Waals surface area contributed by atoms with Crippen LogP contribution in [0.25, 0.3) is 0 Å². The number of halogens is 3. The van der Waals surface area contributed by atoms with Crippen molar-refractivity contribution >= 4 is 5.91 Å². The molecule has 1 saturated heterocycles. The van der Waals surface area contributed by atoms with Gasteiger partial charge in [-0.25, -0.2) is 0 Å². The van der Waals surface area contributed by atoms with Crippen LogP contribution in [-0.2, 0) is 27.4 Å². The van der Waals surface area contributed by atoms with Crippen molar-refractivity contribution in [1.82, 2.24) is 4.90 Å². The van der Waals surface area contributed by atoms with Crippen molar-refractivity contribution in [2.45, 2.75) is 31.5 Å². The third kappa shape index (κ3) is 5.30. The summed E-state index contributed by atoms with van der Waals surface area (Å²) < 4.78 is 50.2. The fourth-order valence-corrected chi connectivity index (χ4v) is 2.89. The third-order valence-electron chi connectivity index (χ3n) is 4.26. The lowest BCUT2D eigenvalue weighted by Gasteiger charge is -2.38. The number of rotatable bonds is 6. The number of nitrogens with zero attached hydrogens (tertiary/aromatic N) is 1. The van der Waals surface area contributed by atoms with E-state index >= 15 is 0 Å². The lowest BCUT2D eigenvalue weighted by molar-refractivity contribution is -0.254. The third-order valence-corrected chi connectivity index (χ3v) is 4.26. The van der Waals surface area contributed by atoms with Crippen LogP contribution in [0.3, 0.4) is 0 Å². The van der Waals surface area contributed by atoms with E-state index < -0.39 is 30.8 Å². The lowest BCUT2D eigenvalue weighted by Crippen LogP contribution is -2.57. The van der Waals surface area contributed by atoms with Gasteiger partial charge in [-0.1, -0.05) is 60.7 Å². The van der Waals surface area contributed by atoms with Crippen molar-refractivity contribution in [2.75, 3.05) is 13.2 Å². The van der Waals surface area contributed by atoms with Crippen molar-refractivity contribution in [3.05, 3.63) is 71.8 Å². The largest absolute Gasteiger partial charge is 0.416 e. The summed E-state index contributed by atoms with van der Waals surface area (Å²) in [6.45, 7) is -0.452. The first-order valence-electron chi connectivity index (χ1n) is 8.60. The Kier molecular flexibility index (Phi) is 6.13. The van der Waals surface area contributed by atoms with E-state index in [-0.39, 0.29) is 19.8 Å². The number of benzene rings is 2. The van der Waals surface area contributed by atoms with Crippen molar-refractivity contribution in [2.24, 2.45) is 0 Å². The molecule has 0 spiro atoms. The minimum atomic E-state index is -4.55. The van der Waals surface area contributed by atoms with Crippen LogP contribution in [-0.4, -0.2) is 42.3 Å². The molecule has 27 heavy (non-hydrogen) atoms. The Bertz CT molecular complexity index is 737. The number of carbonyl (C=O) groups excluding carboxylic acids is 1. The molecule has 2 aromatic carbocycles. The Morgan fingerprint density at radius 3 is 2.19 bits per heavy atom. The van der Waals surface area contributed by atoms with Gasteiger partial charge < -0.3 is 14.4 Å². The summed E-state index contributed by atoms with van der Waals surface area (Å²) in [6.07, 6.45) is -7.85. The zero-order chi connectivity index (χ0) is 19.3. The van der Waals surface area contributed by atoms with Gasteiger partial charge in [0.25, 0.3) is 5.91 Å². The summed E-state index contributed by atoms with van der Waals surface area (Å²) >= 11 is 0. The van der Waals surface area contributed by atoms with Gasteiger partial charge in [-0.15, -0.1) is 0 Å². The van der Waals surface area contributed by atoms with Crippen LogP contribution in [0.2, 0.25) is 0 Å². The predicted octanol–water partition coefficient (Wildman–Crippen LogP) is 3.56. The van der Waals surface area contributed by atoms with Gasteiger partial charge >= 0.3 is 6.18 Å². The molecule has 2 atom stereocenters. The first kappa shape index (κ1) is 19.4. The van der Waals surface area contributed by atoms with Crippen LogP contribution in [0.1, 0.15) is 11.1 Å². The van der Waals surface area contributed by atoms with Gasteiger partial charge in [0.15, 0.2) is 12.2 Å². The number of carbonyl (C=O) groups is 1. The van der Waals surface area contributed by atoms with Gasteiger partial charge in [0, 0.05) is 6.54 Å². The minimum Gasteiger partial charge on any atom is -0.374 e. The molecule has 4 nitrogen and oxygen atoms in total. The zero-order valence-electron chi connectivity index (χ0n) is 14.6. The van der Waals surface area contributed by atoms with E-state index in [4.69, 9.17) is 9.47 Å². The topological polar surface area (TPSA) is 38.8 Å². The quantitative estimate of drug-likeness (QED) is 0.770. The molecule has 0 aromatic heterocycles. The molecular weight excluding hydrogens is 359 g/mol. The molecule has 1 fully saturated rings. The van der Waals surface area contributed by atoms with Crippen molar-refractivity contribution in [1.29, 1.82) is 0 Å². The van der Waals surface area contributed by atoms with E-state index in [1.54, 1.807) is 24.3 Å². The van der Waals surface area contributed by atoms with Crippen molar-refractivity contribution in [3.63, 3.8) is 0 Å². The van der Waals surface area contributed by atoms with E-state index in [0.717, 1.165) is 11.1 Å². The standard InChI is InChI=1S/C20H20F3NO3/c21-20(22,23)18-12-24(11-15-7-3-1-4-8-15)19(25)17(27-18)14-26-13-16-9-5-2-6-10-16/h1-10,17-18H,11-14H2/t17-,18-/m1/s1. The molecule has 3 rings (SSSR count). The number of hydrogen-bond acceptors (Lipinski definition) is 3. The highest BCUT2D eigenvalue weighted by molar-refractivity contribution is 5.81. The number of hydrogen-bond donors (Lipinski definition) is 0. The van der Waals surface area contributed by atoms with E-state index in [1.165, 1.54) is 4.90 Å². The van der Waals surface area contributed by atoms with E-state index in [9.17, 15) is 18.0 Å². The molecule has 1 aliphatic heterocycles. The Morgan fingerprint density at radius 2 is 1.59 bits per heavy atom. The van der Waals surface area contributed by atoms with E-state index in [0.29, 0.717) is 0 Å². The maximum absolute atomic E-state index is 13.2.